The Morgan fingerprint density at radius 3 is 2.59 bits per heavy atom. The second-order valence-electron chi connectivity index (χ2n) is 4.83. The van der Waals surface area contributed by atoms with Crippen molar-refractivity contribution in [1.82, 2.24) is 14.9 Å². The number of rotatable bonds is 7. The van der Waals surface area contributed by atoms with Gasteiger partial charge in [0.2, 0.25) is 0 Å². The Balaban J connectivity index is 2.45. The fourth-order valence-corrected chi connectivity index (χ4v) is 3.29. The highest BCUT2D eigenvalue weighted by Gasteiger charge is 2.18. The van der Waals surface area contributed by atoms with Crippen molar-refractivity contribution in [1.29, 1.82) is 0 Å². The predicted molar refractivity (Wildman–Crippen MR) is 87.6 cm³/mol. The molecule has 0 radical (unpaired) electrons. The average molecular weight is 319 g/mol. The van der Waals surface area contributed by atoms with E-state index < -0.39 is 5.97 Å². The number of H-pyrrole nitrogens is 1. The summed E-state index contributed by atoms with van der Waals surface area (Å²) < 4.78 is 0. The van der Waals surface area contributed by atoms with Gasteiger partial charge in [-0.25, -0.2) is 9.78 Å². The van der Waals surface area contributed by atoms with E-state index in [9.17, 15) is 9.59 Å². The lowest BCUT2D eigenvalue weighted by Gasteiger charge is -2.17. The summed E-state index contributed by atoms with van der Waals surface area (Å²) in [6.07, 6.45) is 3.52. The zero-order valence-electron chi connectivity index (χ0n) is 12.3. The van der Waals surface area contributed by atoms with Crippen molar-refractivity contribution in [3.63, 3.8) is 0 Å². The first-order chi connectivity index (χ1) is 10.5. The minimum atomic E-state index is -1.04. The Kier molecular flexibility index (Phi) is 4.89. The first-order valence-corrected chi connectivity index (χ1v) is 7.49. The number of aromatic carboxylic acids is 1. The summed E-state index contributed by atoms with van der Waals surface area (Å²) in [5.41, 5.74) is 0.153. The zero-order valence-corrected chi connectivity index (χ0v) is 13.1. The summed E-state index contributed by atoms with van der Waals surface area (Å²) in [6.45, 7) is 10.7. The molecule has 6 nitrogen and oxygen atoms in total. The predicted octanol–water partition coefficient (Wildman–Crippen LogP) is 2.17. The van der Waals surface area contributed by atoms with Crippen molar-refractivity contribution in [2.75, 3.05) is 13.1 Å². The number of carbonyl (C=O) groups is 1. The van der Waals surface area contributed by atoms with E-state index in [1.807, 2.05) is 4.90 Å². The van der Waals surface area contributed by atoms with Crippen LogP contribution in [0.3, 0.4) is 0 Å². The van der Waals surface area contributed by atoms with Crippen LogP contribution in [0.2, 0.25) is 0 Å². The van der Waals surface area contributed by atoms with Crippen LogP contribution < -0.4 is 5.56 Å². The molecule has 0 atom stereocenters. The van der Waals surface area contributed by atoms with Gasteiger partial charge in [-0.15, -0.1) is 24.5 Å². The third-order valence-corrected chi connectivity index (χ3v) is 4.37. The zero-order chi connectivity index (χ0) is 16.3. The number of carboxylic acids is 1. The van der Waals surface area contributed by atoms with Gasteiger partial charge in [-0.2, -0.15) is 0 Å². The lowest BCUT2D eigenvalue weighted by atomic mass is 10.2. The third-order valence-electron chi connectivity index (χ3n) is 3.19. The number of fused-ring (bicyclic) bond motifs is 1. The van der Waals surface area contributed by atoms with E-state index in [0.717, 1.165) is 11.3 Å². The van der Waals surface area contributed by atoms with Crippen molar-refractivity contribution in [2.45, 2.75) is 13.5 Å². The molecule has 0 spiro atoms. The van der Waals surface area contributed by atoms with Gasteiger partial charge in [0.1, 0.15) is 15.5 Å². The van der Waals surface area contributed by atoms with E-state index in [1.54, 1.807) is 19.1 Å². The number of hydrogen-bond donors (Lipinski definition) is 2. The largest absolute Gasteiger partial charge is 0.477 e. The van der Waals surface area contributed by atoms with Gasteiger partial charge in [0.25, 0.3) is 5.56 Å². The molecule has 2 heterocycles. The van der Waals surface area contributed by atoms with Crippen LogP contribution in [0.15, 0.2) is 30.1 Å². The lowest BCUT2D eigenvalue weighted by molar-refractivity contribution is 0.0701. The van der Waals surface area contributed by atoms with Crippen molar-refractivity contribution in [3.8, 4) is 0 Å². The van der Waals surface area contributed by atoms with E-state index in [4.69, 9.17) is 5.11 Å². The fraction of sp³-hybridized carbons (Fsp3) is 0.267. The molecule has 0 fully saturated rings. The topological polar surface area (TPSA) is 86.3 Å². The first kappa shape index (κ1) is 16.1. The molecule has 2 aromatic heterocycles. The van der Waals surface area contributed by atoms with Gasteiger partial charge < -0.3 is 10.1 Å². The van der Waals surface area contributed by atoms with Crippen LogP contribution in [0.4, 0.5) is 0 Å². The van der Waals surface area contributed by atoms with Crippen LogP contribution in [0, 0.1) is 6.92 Å². The van der Waals surface area contributed by atoms with Crippen LogP contribution in [-0.4, -0.2) is 39.0 Å². The van der Waals surface area contributed by atoms with E-state index in [-0.39, 0.29) is 10.4 Å². The van der Waals surface area contributed by atoms with Crippen LogP contribution in [-0.2, 0) is 6.54 Å². The van der Waals surface area contributed by atoms with E-state index in [2.05, 4.69) is 23.1 Å². The highest BCUT2D eigenvalue weighted by Crippen LogP contribution is 2.26. The van der Waals surface area contributed by atoms with E-state index in [1.165, 1.54) is 0 Å². The second kappa shape index (κ2) is 6.67. The Morgan fingerprint density at radius 2 is 2.05 bits per heavy atom. The molecule has 2 aromatic rings. The maximum atomic E-state index is 12.2. The summed E-state index contributed by atoms with van der Waals surface area (Å²) in [5.74, 6) is -0.541. The lowest BCUT2D eigenvalue weighted by Crippen LogP contribution is -2.26. The molecule has 0 saturated carbocycles. The molecular formula is C15H17N3O3S. The maximum absolute atomic E-state index is 12.2. The van der Waals surface area contributed by atoms with Crippen LogP contribution >= 0.6 is 11.3 Å². The average Bonchev–Trinajstić information content (AvgIpc) is 2.77. The molecule has 0 amide bonds. The number of aryl methyl sites for hydroxylation is 1. The second-order valence-corrected chi connectivity index (χ2v) is 5.82. The third kappa shape index (κ3) is 3.15. The first-order valence-electron chi connectivity index (χ1n) is 6.67. The van der Waals surface area contributed by atoms with Crippen molar-refractivity contribution in [2.24, 2.45) is 0 Å². The highest BCUT2D eigenvalue weighted by molar-refractivity contribution is 7.20. The Labute approximate surface area is 131 Å². The minimum Gasteiger partial charge on any atom is -0.477 e. The van der Waals surface area contributed by atoms with Crippen molar-refractivity contribution < 1.29 is 9.90 Å². The van der Waals surface area contributed by atoms with Gasteiger partial charge in [0.05, 0.1) is 11.9 Å². The van der Waals surface area contributed by atoms with Gasteiger partial charge >= 0.3 is 5.97 Å². The van der Waals surface area contributed by atoms with Crippen molar-refractivity contribution in [3.05, 3.63) is 51.9 Å². The molecule has 0 aliphatic rings. The number of aromatic amines is 1. The van der Waals surface area contributed by atoms with E-state index >= 15 is 0 Å². The van der Waals surface area contributed by atoms with Crippen LogP contribution in [0.1, 0.15) is 21.1 Å². The summed E-state index contributed by atoms with van der Waals surface area (Å²) in [6, 6.07) is 0. The number of thiophene rings is 1. The molecule has 0 aliphatic heterocycles. The van der Waals surface area contributed by atoms with Gasteiger partial charge in [0, 0.05) is 13.1 Å². The minimum absolute atomic E-state index is 0.152. The standard InChI is InChI=1S/C15H17N3O3S/c1-4-6-18(7-5-2)8-10-16-13(19)11-9(3)12(15(20)21)22-14(11)17-10/h4-5H,1-2,6-8H2,3H3,(H,20,21)(H,16,17,19). The molecule has 22 heavy (non-hydrogen) atoms. The van der Waals surface area contributed by atoms with Crippen LogP contribution in [0.5, 0.6) is 0 Å². The van der Waals surface area contributed by atoms with Gasteiger partial charge in [-0.1, -0.05) is 12.2 Å². The summed E-state index contributed by atoms with van der Waals surface area (Å²) in [5, 5.41) is 9.50. The monoisotopic (exact) mass is 319 g/mol. The molecule has 0 unspecified atom stereocenters. The molecule has 0 saturated heterocycles. The number of nitrogens with one attached hydrogen (secondary N) is 1. The van der Waals surface area contributed by atoms with E-state index in [0.29, 0.717) is 41.2 Å². The summed E-state index contributed by atoms with van der Waals surface area (Å²) in [7, 11) is 0. The molecule has 0 bridgehead atoms. The number of nitrogens with zero attached hydrogens (tertiary/aromatic N) is 2. The number of carboxylic acid groups (broad SMARTS) is 1. The smallest absolute Gasteiger partial charge is 0.346 e. The summed E-state index contributed by atoms with van der Waals surface area (Å²) >= 11 is 1.02. The highest BCUT2D eigenvalue weighted by atomic mass is 32.1. The van der Waals surface area contributed by atoms with Gasteiger partial charge in [0.15, 0.2) is 0 Å². The Bertz CT molecular complexity index is 781. The molecular weight excluding hydrogens is 302 g/mol. The van der Waals surface area contributed by atoms with Crippen LogP contribution in [0.25, 0.3) is 10.2 Å². The molecule has 0 aromatic carbocycles. The SMILES string of the molecule is C=CCN(CC=C)Cc1nc2sc(C(=O)O)c(C)c2c(=O)[nH]1. The fourth-order valence-electron chi connectivity index (χ4n) is 2.25. The molecule has 2 rings (SSSR count). The van der Waals surface area contributed by atoms with Gasteiger partial charge in [-0.05, 0) is 12.5 Å². The molecule has 2 N–H and O–H groups in total. The molecule has 7 heteroatoms. The van der Waals surface area contributed by atoms with Crippen molar-refractivity contribution >= 4 is 27.5 Å². The summed E-state index contributed by atoms with van der Waals surface area (Å²) in [4.78, 5) is 33.1. The number of hydrogen-bond acceptors (Lipinski definition) is 5. The normalized spacial score (nSPS) is 11.0. The maximum Gasteiger partial charge on any atom is 0.346 e. The molecule has 0 aliphatic carbocycles. The molecule has 116 valence electrons. The Morgan fingerprint density at radius 1 is 1.41 bits per heavy atom. The Hall–Kier alpha value is -2.25. The van der Waals surface area contributed by atoms with Gasteiger partial charge in [-0.3, -0.25) is 9.69 Å². The quantitative estimate of drug-likeness (QED) is 0.764. The number of aromatic nitrogens is 2.